The molecule has 20 heavy (non-hydrogen) atoms. The van der Waals surface area contributed by atoms with Crippen LogP contribution in [-0.2, 0) is 19.9 Å². The number of rotatable bonds is 3. The molecule has 1 heterocycles. The van der Waals surface area contributed by atoms with Crippen LogP contribution in [0.3, 0.4) is 0 Å². The van der Waals surface area contributed by atoms with E-state index in [1.807, 2.05) is 30.3 Å². The number of ether oxygens (including phenoxy) is 2. The third-order valence-corrected chi connectivity index (χ3v) is 3.51. The molecular formula is C16H13FO3. The van der Waals surface area contributed by atoms with Crippen LogP contribution in [0.4, 0.5) is 4.39 Å². The summed E-state index contributed by atoms with van der Waals surface area (Å²) < 4.78 is 23.5. The Balaban J connectivity index is 2.07. The highest BCUT2D eigenvalue weighted by molar-refractivity contribution is 5.81. The minimum atomic E-state index is -0.873. The van der Waals surface area contributed by atoms with Gasteiger partial charge < -0.3 is 9.47 Å². The van der Waals surface area contributed by atoms with Crippen LogP contribution in [0.25, 0.3) is 0 Å². The van der Waals surface area contributed by atoms with Crippen molar-refractivity contribution in [2.45, 2.75) is 11.7 Å². The van der Waals surface area contributed by atoms with E-state index in [0.29, 0.717) is 0 Å². The molecule has 4 heteroatoms. The van der Waals surface area contributed by atoms with Crippen LogP contribution in [-0.4, -0.2) is 19.2 Å². The van der Waals surface area contributed by atoms with Crippen molar-refractivity contribution in [2.75, 3.05) is 7.11 Å². The lowest BCUT2D eigenvalue weighted by atomic mass is 9.88. The molecule has 0 radical (unpaired) electrons. The molecule has 1 fully saturated rings. The van der Waals surface area contributed by atoms with Gasteiger partial charge in [-0.1, -0.05) is 42.5 Å². The largest absolute Gasteiger partial charge is 0.467 e. The number of epoxide rings is 1. The maximum Gasteiger partial charge on any atom is 0.338 e. The predicted molar refractivity (Wildman–Crippen MR) is 70.5 cm³/mol. The molecule has 1 saturated heterocycles. The summed E-state index contributed by atoms with van der Waals surface area (Å²) in [5.74, 6) is -0.759. The van der Waals surface area contributed by atoms with Gasteiger partial charge in [-0.05, 0) is 23.3 Å². The molecule has 2 aromatic rings. The van der Waals surface area contributed by atoms with Crippen molar-refractivity contribution in [3.8, 4) is 0 Å². The topological polar surface area (TPSA) is 38.8 Å². The number of halogens is 1. The first-order valence-electron chi connectivity index (χ1n) is 6.25. The van der Waals surface area contributed by atoms with E-state index < -0.39 is 17.7 Å². The SMILES string of the molecule is COC(=O)[C@H]1O[C@]1(c1ccccc1)c1ccc(F)cc1. The monoisotopic (exact) mass is 272 g/mol. The van der Waals surface area contributed by atoms with E-state index >= 15 is 0 Å². The van der Waals surface area contributed by atoms with Crippen molar-refractivity contribution in [2.24, 2.45) is 0 Å². The minimum absolute atomic E-state index is 0.327. The molecule has 0 bridgehead atoms. The summed E-state index contributed by atoms with van der Waals surface area (Å²) in [7, 11) is 1.32. The van der Waals surface area contributed by atoms with Crippen LogP contribution in [0.2, 0.25) is 0 Å². The van der Waals surface area contributed by atoms with Crippen LogP contribution >= 0.6 is 0 Å². The van der Waals surface area contributed by atoms with E-state index in [1.165, 1.54) is 19.2 Å². The molecule has 0 amide bonds. The summed E-state index contributed by atoms with van der Waals surface area (Å²) >= 11 is 0. The Morgan fingerprint density at radius 2 is 1.70 bits per heavy atom. The lowest BCUT2D eigenvalue weighted by Crippen LogP contribution is -2.21. The van der Waals surface area contributed by atoms with E-state index in [2.05, 4.69) is 0 Å². The fourth-order valence-electron chi connectivity index (χ4n) is 2.46. The van der Waals surface area contributed by atoms with Crippen LogP contribution < -0.4 is 0 Å². The zero-order valence-corrected chi connectivity index (χ0v) is 10.9. The molecular weight excluding hydrogens is 259 g/mol. The van der Waals surface area contributed by atoms with Crippen molar-refractivity contribution in [3.63, 3.8) is 0 Å². The van der Waals surface area contributed by atoms with Gasteiger partial charge in [0.15, 0.2) is 11.7 Å². The maximum atomic E-state index is 13.1. The molecule has 0 aliphatic carbocycles. The predicted octanol–water partition coefficient (Wildman–Crippen LogP) is 2.64. The molecule has 1 aliphatic heterocycles. The summed E-state index contributed by atoms with van der Waals surface area (Å²) in [5, 5.41) is 0. The molecule has 0 aromatic heterocycles. The van der Waals surface area contributed by atoms with Gasteiger partial charge in [0.2, 0.25) is 0 Å². The summed E-state index contributed by atoms with van der Waals surface area (Å²) in [6.07, 6.45) is -0.694. The molecule has 0 N–H and O–H groups in total. The smallest absolute Gasteiger partial charge is 0.338 e. The Hall–Kier alpha value is -2.20. The van der Waals surface area contributed by atoms with E-state index in [-0.39, 0.29) is 5.82 Å². The van der Waals surface area contributed by atoms with Crippen LogP contribution in [0.15, 0.2) is 54.6 Å². The summed E-state index contributed by atoms with van der Waals surface area (Å²) in [6, 6.07) is 15.4. The lowest BCUT2D eigenvalue weighted by Gasteiger charge is -2.13. The van der Waals surface area contributed by atoms with Gasteiger partial charge >= 0.3 is 5.97 Å². The summed E-state index contributed by atoms with van der Waals surface area (Å²) in [4.78, 5) is 11.8. The number of hydrogen-bond acceptors (Lipinski definition) is 3. The Morgan fingerprint density at radius 1 is 1.10 bits per heavy atom. The second kappa shape index (κ2) is 4.72. The molecule has 3 rings (SSSR count). The molecule has 0 spiro atoms. The molecule has 102 valence electrons. The number of carbonyl (C=O) groups excluding carboxylic acids is 1. The van der Waals surface area contributed by atoms with Crippen molar-refractivity contribution in [3.05, 3.63) is 71.5 Å². The molecule has 2 atom stereocenters. The average molecular weight is 272 g/mol. The van der Waals surface area contributed by atoms with E-state index in [0.717, 1.165) is 11.1 Å². The molecule has 0 unspecified atom stereocenters. The minimum Gasteiger partial charge on any atom is -0.467 e. The van der Waals surface area contributed by atoms with Gasteiger partial charge in [0, 0.05) is 0 Å². The van der Waals surface area contributed by atoms with Gasteiger partial charge in [0.1, 0.15) is 5.82 Å². The quantitative estimate of drug-likeness (QED) is 0.637. The normalized spacial score (nSPS) is 24.2. The maximum absolute atomic E-state index is 13.1. The van der Waals surface area contributed by atoms with Gasteiger partial charge in [-0.15, -0.1) is 0 Å². The van der Waals surface area contributed by atoms with Crippen molar-refractivity contribution in [1.82, 2.24) is 0 Å². The molecule has 0 saturated carbocycles. The van der Waals surface area contributed by atoms with Gasteiger partial charge in [0.25, 0.3) is 0 Å². The second-order valence-corrected chi connectivity index (χ2v) is 4.63. The van der Waals surface area contributed by atoms with Crippen molar-refractivity contribution >= 4 is 5.97 Å². The van der Waals surface area contributed by atoms with Crippen LogP contribution in [0.5, 0.6) is 0 Å². The molecule has 3 nitrogen and oxygen atoms in total. The number of esters is 1. The van der Waals surface area contributed by atoms with Gasteiger partial charge in [-0.25, -0.2) is 9.18 Å². The van der Waals surface area contributed by atoms with E-state index in [9.17, 15) is 9.18 Å². The van der Waals surface area contributed by atoms with Crippen molar-refractivity contribution in [1.29, 1.82) is 0 Å². The fourth-order valence-corrected chi connectivity index (χ4v) is 2.46. The highest BCUT2D eigenvalue weighted by Crippen LogP contribution is 2.52. The number of benzene rings is 2. The van der Waals surface area contributed by atoms with Gasteiger partial charge in [0.05, 0.1) is 7.11 Å². The number of methoxy groups -OCH3 is 1. The molecule has 2 aromatic carbocycles. The van der Waals surface area contributed by atoms with Gasteiger partial charge in [-0.3, -0.25) is 0 Å². The lowest BCUT2D eigenvalue weighted by molar-refractivity contribution is -0.142. The van der Waals surface area contributed by atoms with Crippen LogP contribution in [0, 0.1) is 5.82 Å². The first-order chi connectivity index (χ1) is 9.68. The fraction of sp³-hybridized carbons (Fsp3) is 0.188. The Morgan fingerprint density at radius 3 is 2.30 bits per heavy atom. The first-order valence-corrected chi connectivity index (χ1v) is 6.25. The number of hydrogen-bond donors (Lipinski definition) is 0. The third-order valence-electron chi connectivity index (χ3n) is 3.51. The van der Waals surface area contributed by atoms with E-state index in [1.54, 1.807) is 12.1 Å². The molecule has 1 aliphatic rings. The van der Waals surface area contributed by atoms with Gasteiger partial charge in [-0.2, -0.15) is 0 Å². The zero-order valence-electron chi connectivity index (χ0n) is 10.9. The summed E-state index contributed by atoms with van der Waals surface area (Å²) in [5.41, 5.74) is 0.713. The van der Waals surface area contributed by atoms with Crippen LogP contribution in [0.1, 0.15) is 11.1 Å². The standard InChI is InChI=1S/C16H13FO3/c1-19-15(18)14-16(20-14,11-5-3-2-4-6-11)12-7-9-13(17)10-8-12/h2-10,14H,1H3/t14-,16-/m1/s1. The Kier molecular flexibility index (Phi) is 3.03. The first kappa shape index (κ1) is 12.8. The number of carbonyl (C=O) groups is 1. The highest BCUT2D eigenvalue weighted by atomic mass is 19.1. The Labute approximate surface area is 115 Å². The summed E-state index contributed by atoms with van der Waals surface area (Å²) in [6.45, 7) is 0. The third kappa shape index (κ3) is 1.89. The second-order valence-electron chi connectivity index (χ2n) is 4.63. The van der Waals surface area contributed by atoms with E-state index in [4.69, 9.17) is 9.47 Å². The Bertz CT molecular complexity index is 624. The average Bonchev–Trinajstić information content (AvgIpc) is 3.25. The van der Waals surface area contributed by atoms with Crippen molar-refractivity contribution < 1.29 is 18.7 Å². The zero-order chi connectivity index (χ0) is 14.2. The highest BCUT2D eigenvalue weighted by Gasteiger charge is 2.63.